The number of nitrogens with one attached hydrogen (secondary N) is 1. The van der Waals surface area contributed by atoms with Crippen LogP contribution < -0.4 is 5.32 Å². The van der Waals surface area contributed by atoms with Crippen molar-refractivity contribution < 1.29 is 18.7 Å². The summed E-state index contributed by atoms with van der Waals surface area (Å²) in [7, 11) is 0. The first-order valence-corrected chi connectivity index (χ1v) is 6.83. The van der Waals surface area contributed by atoms with E-state index in [0.717, 1.165) is 11.8 Å². The van der Waals surface area contributed by atoms with Crippen molar-refractivity contribution in [3.63, 3.8) is 0 Å². The lowest BCUT2D eigenvalue weighted by atomic mass is 10.2. The van der Waals surface area contributed by atoms with Crippen LogP contribution in [0, 0.1) is 0 Å². The highest BCUT2D eigenvalue weighted by Crippen LogP contribution is 2.11. The predicted octanol–water partition coefficient (Wildman–Crippen LogP) is 3.16. The number of anilines is 1. The van der Waals surface area contributed by atoms with Gasteiger partial charge in [0.25, 0.3) is 5.91 Å². The van der Waals surface area contributed by atoms with Gasteiger partial charge in [-0.2, -0.15) is 4.98 Å². The summed E-state index contributed by atoms with van der Waals surface area (Å²) in [6.45, 7) is 1.92. The third-order valence-corrected chi connectivity index (χ3v) is 2.77. The Bertz CT molecular complexity index is 692. The van der Waals surface area contributed by atoms with Gasteiger partial charge in [0.1, 0.15) is 6.26 Å². The van der Waals surface area contributed by atoms with Crippen molar-refractivity contribution in [2.45, 2.75) is 6.92 Å². The molecule has 114 valence electrons. The Morgan fingerprint density at radius 2 is 2.09 bits per heavy atom. The molecule has 0 saturated carbocycles. The summed E-state index contributed by atoms with van der Waals surface area (Å²) < 4.78 is 9.74. The number of rotatable bonds is 5. The Labute approximate surface area is 131 Å². The van der Waals surface area contributed by atoms with Crippen LogP contribution in [-0.4, -0.2) is 23.5 Å². The number of carbonyl (C=O) groups is 2. The molecular formula is C15H13ClN2O4. The zero-order valence-electron chi connectivity index (χ0n) is 11.7. The van der Waals surface area contributed by atoms with Gasteiger partial charge in [-0.1, -0.05) is 23.7 Å². The lowest BCUT2D eigenvalue weighted by molar-refractivity contribution is -0.112. The monoisotopic (exact) mass is 320 g/mol. The number of amides is 1. The number of hydrogen-bond donors (Lipinski definition) is 1. The maximum Gasteiger partial charge on any atom is 0.360 e. The van der Waals surface area contributed by atoms with Gasteiger partial charge in [-0.15, -0.1) is 0 Å². The Balaban J connectivity index is 1.94. The zero-order chi connectivity index (χ0) is 15.9. The number of benzene rings is 1. The van der Waals surface area contributed by atoms with Crippen LogP contribution in [-0.2, 0) is 9.53 Å². The standard InChI is InChI=1S/C15H13ClN2O4/c1-2-21-14(20)12-9-22-15(17-12)18-13(19)8-5-10-3-6-11(16)7-4-10/h3-9H,2H2,1H3,(H,17,18,19)/b8-5+. The third kappa shape index (κ3) is 4.46. The molecule has 1 N–H and O–H groups in total. The molecule has 0 spiro atoms. The molecule has 0 fully saturated rings. The molecule has 1 amide bonds. The fourth-order valence-electron chi connectivity index (χ4n) is 1.52. The minimum absolute atomic E-state index is 0.00108. The molecule has 0 aliphatic carbocycles. The summed E-state index contributed by atoms with van der Waals surface area (Å²) in [5, 5.41) is 3.02. The lowest BCUT2D eigenvalue weighted by Gasteiger charge is -1.96. The number of nitrogens with zero attached hydrogens (tertiary/aromatic N) is 1. The van der Waals surface area contributed by atoms with Gasteiger partial charge in [0.2, 0.25) is 0 Å². The molecule has 2 rings (SSSR count). The van der Waals surface area contributed by atoms with Crippen LogP contribution in [0.3, 0.4) is 0 Å². The summed E-state index contributed by atoms with van der Waals surface area (Å²) in [5.74, 6) is -1.05. The van der Waals surface area contributed by atoms with E-state index in [9.17, 15) is 9.59 Å². The molecule has 1 aromatic carbocycles. The average molecular weight is 321 g/mol. The molecule has 7 heteroatoms. The van der Waals surface area contributed by atoms with E-state index in [-0.39, 0.29) is 18.3 Å². The van der Waals surface area contributed by atoms with E-state index >= 15 is 0 Å². The third-order valence-electron chi connectivity index (χ3n) is 2.52. The van der Waals surface area contributed by atoms with Crippen LogP contribution in [0.15, 0.2) is 41.0 Å². The van der Waals surface area contributed by atoms with Crippen molar-refractivity contribution in [2.24, 2.45) is 0 Å². The molecule has 0 aliphatic heterocycles. The van der Waals surface area contributed by atoms with Gasteiger partial charge in [0.05, 0.1) is 6.61 Å². The van der Waals surface area contributed by atoms with Crippen LogP contribution >= 0.6 is 11.6 Å². The van der Waals surface area contributed by atoms with Crippen LogP contribution in [0.2, 0.25) is 5.02 Å². The molecule has 22 heavy (non-hydrogen) atoms. The molecule has 0 saturated heterocycles. The highest BCUT2D eigenvalue weighted by molar-refractivity contribution is 6.30. The Morgan fingerprint density at radius 1 is 1.36 bits per heavy atom. The second kappa shape index (κ2) is 7.42. The van der Waals surface area contributed by atoms with E-state index in [1.54, 1.807) is 37.3 Å². The van der Waals surface area contributed by atoms with Crippen LogP contribution in [0.1, 0.15) is 23.0 Å². The van der Waals surface area contributed by atoms with Gasteiger partial charge >= 0.3 is 12.0 Å². The van der Waals surface area contributed by atoms with Gasteiger partial charge in [-0.25, -0.2) is 4.79 Å². The Morgan fingerprint density at radius 3 is 2.77 bits per heavy atom. The van der Waals surface area contributed by atoms with Gasteiger partial charge < -0.3 is 9.15 Å². The first-order valence-electron chi connectivity index (χ1n) is 6.45. The smallest absolute Gasteiger partial charge is 0.360 e. The predicted molar refractivity (Wildman–Crippen MR) is 81.6 cm³/mol. The first-order chi connectivity index (χ1) is 10.6. The molecule has 1 aromatic heterocycles. The normalized spacial score (nSPS) is 10.6. The number of esters is 1. The summed E-state index contributed by atoms with van der Waals surface area (Å²) in [6.07, 6.45) is 4.05. The maximum atomic E-state index is 11.7. The van der Waals surface area contributed by atoms with Crippen molar-refractivity contribution in [3.05, 3.63) is 52.9 Å². The second-order valence-electron chi connectivity index (χ2n) is 4.13. The van der Waals surface area contributed by atoms with Crippen LogP contribution in [0.25, 0.3) is 6.08 Å². The van der Waals surface area contributed by atoms with Gasteiger partial charge in [-0.05, 0) is 30.7 Å². The molecule has 1 heterocycles. The minimum Gasteiger partial charge on any atom is -0.461 e. The summed E-state index contributed by atoms with van der Waals surface area (Å²) >= 11 is 5.77. The molecule has 0 aliphatic rings. The van der Waals surface area contributed by atoms with Crippen molar-refractivity contribution in [2.75, 3.05) is 11.9 Å². The van der Waals surface area contributed by atoms with E-state index < -0.39 is 11.9 Å². The van der Waals surface area contributed by atoms with Crippen molar-refractivity contribution in [1.29, 1.82) is 0 Å². The van der Waals surface area contributed by atoms with Gasteiger partial charge in [0, 0.05) is 11.1 Å². The number of ether oxygens (including phenoxy) is 1. The largest absolute Gasteiger partial charge is 0.461 e. The number of carbonyl (C=O) groups excluding carboxylic acids is 2. The minimum atomic E-state index is -0.608. The molecule has 2 aromatic rings. The molecule has 6 nitrogen and oxygen atoms in total. The molecular weight excluding hydrogens is 308 g/mol. The van der Waals surface area contributed by atoms with E-state index in [4.69, 9.17) is 20.8 Å². The van der Waals surface area contributed by atoms with Crippen molar-refractivity contribution in [1.82, 2.24) is 4.98 Å². The van der Waals surface area contributed by atoms with E-state index in [1.807, 2.05) is 0 Å². The fraction of sp³-hybridized carbons (Fsp3) is 0.133. The number of hydrogen-bond acceptors (Lipinski definition) is 5. The van der Waals surface area contributed by atoms with Crippen LogP contribution in [0.4, 0.5) is 6.01 Å². The van der Waals surface area contributed by atoms with E-state index in [1.165, 1.54) is 6.08 Å². The SMILES string of the molecule is CCOC(=O)c1coc(NC(=O)/C=C/c2ccc(Cl)cc2)n1. The van der Waals surface area contributed by atoms with E-state index in [2.05, 4.69) is 10.3 Å². The number of aromatic nitrogens is 1. The zero-order valence-corrected chi connectivity index (χ0v) is 12.5. The number of halogens is 1. The van der Waals surface area contributed by atoms with Gasteiger partial charge in [-0.3, -0.25) is 10.1 Å². The van der Waals surface area contributed by atoms with Gasteiger partial charge in [0.15, 0.2) is 5.69 Å². The summed E-state index contributed by atoms with van der Waals surface area (Å²) in [5.41, 5.74) is 0.818. The molecule has 0 unspecified atom stereocenters. The average Bonchev–Trinajstić information content (AvgIpc) is 2.95. The van der Waals surface area contributed by atoms with E-state index in [0.29, 0.717) is 5.02 Å². The maximum absolute atomic E-state index is 11.7. The molecule has 0 bridgehead atoms. The lowest BCUT2D eigenvalue weighted by Crippen LogP contribution is -2.09. The highest BCUT2D eigenvalue weighted by Gasteiger charge is 2.13. The summed E-state index contributed by atoms with van der Waals surface area (Å²) in [6, 6.07) is 6.91. The van der Waals surface area contributed by atoms with Crippen LogP contribution in [0.5, 0.6) is 0 Å². The first kappa shape index (κ1) is 15.8. The van der Waals surface area contributed by atoms with Crippen molar-refractivity contribution >= 4 is 35.6 Å². The topological polar surface area (TPSA) is 81.4 Å². The fourth-order valence-corrected chi connectivity index (χ4v) is 1.65. The number of oxazole rings is 1. The highest BCUT2D eigenvalue weighted by atomic mass is 35.5. The molecule has 0 atom stereocenters. The van der Waals surface area contributed by atoms with Crippen molar-refractivity contribution in [3.8, 4) is 0 Å². The second-order valence-corrected chi connectivity index (χ2v) is 4.57. The quantitative estimate of drug-likeness (QED) is 0.676. The summed E-state index contributed by atoms with van der Waals surface area (Å²) in [4.78, 5) is 26.9. The molecule has 0 radical (unpaired) electrons. The Hall–Kier alpha value is -2.60. The Kier molecular flexibility index (Phi) is 5.32.